The van der Waals surface area contributed by atoms with E-state index >= 15 is 0 Å². The van der Waals surface area contributed by atoms with E-state index in [0.29, 0.717) is 47.6 Å². The van der Waals surface area contributed by atoms with Crippen LogP contribution in [0.5, 0.6) is 0 Å². The van der Waals surface area contributed by atoms with Crippen LogP contribution >= 0.6 is 0 Å². The van der Waals surface area contributed by atoms with Crippen LogP contribution in [0.1, 0.15) is 198 Å². The quantitative estimate of drug-likeness (QED) is 0.153. The minimum atomic E-state index is 0.354. The Balaban J connectivity index is -0.000000159. The second-order valence-corrected chi connectivity index (χ2v) is 22.6. The fourth-order valence-corrected chi connectivity index (χ4v) is 14.6. The topological polar surface area (TPSA) is 0 Å². The maximum Gasteiger partial charge on any atom is 0.0169 e. The van der Waals surface area contributed by atoms with Crippen LogP contribution in [0.3, 0.4) is 0 Å². The van der Waals surface area contributed by atoms with Crippen molar-refractivity contribution in [2.45, 2.75) is 261 Å². The Bertz CT molecular complexity index is 487. The van der Waals surface area contributed by atoms with E-state index in [1.165, 1.54) is 82.0 Å². The van der Waals surface area contributed by atoms with Crippen molar-refractivity contribution in [2.24, 2.45) is 29.6 Å². The van der Waals surface area contributed by atoms with Gasteiger partial charge in [-0.05, 0) is 29.6 Å². The summed E-state index contributed by atoms with van der Waals surface area (Å²) in [5.41, 5.74) is 0. The summed E-state index contributed by atoms with van der Waals surface area (Å²) in [7, 11) is 1.94. The minimum Gasteiger partial charge on any atom is -0.0748 e. The highest BCUT2D eigenvalue weighted by atomic mass is 28.2. The van der Waals surface area contributed by atoms with Crippen LogP contribution in [0.2, 0.25) is 63.0 Å². The smallest absolute Gasteiger partial charge is 0.0169 e. The van der Waals surface area contributed by atoms with Crippen molar-refractivity contribution in [3.8, 4) is 0 Å². The number of rotatable bonds is 10. The van der Waals surface area contributed by atoms with Crippen molar-refractivity contribution in [2.75, 3.05) is 0 Å². The molecule has 0 saturated heterocycles. The van der Waals surface area contributed by atoms with Crippen molar-refractivity contribution < 1.29 is 0 Å². The standard InChI is InChI=1S/C9H20Si.C8H18Si.C7H16Si.C6H14Si.C5H12Si.5C2H6/c1-10-8-9-6-4-2-3-5-7-9;1-9-7-8-5-3-2-4-6-8;1-8-6-7-4-2-3-5-7;1-7-5-6-3-2-4-6;1-6-4-5-2-3-5;5*1-2/h9H,2-8,10H2,1H3;8H,2-7,9H2,1H3;7H,2-6,8H2,1H3;6H,2-5,7H2,1H3;5H,2-4,6H2,1H3;5*1-2H3. The zero-order valence-electron chi connectivity index (χ0n) is 39.1. The van der Waals surface area contributed by atoms with Crippen LogP contribution in [-0.2, 0) is 0 Å². The molecule has 50 heavy (non-hydrogen) atoms. The van der Waals surface area contributed by atoms with Gasteiger partial charge in [-0.15, -0.1) is 0 Å². The lowest BCUT2D eigenvalue weighted by molar-refractivity contribution is 0.346. The molecule has 5 saturated carbocycles. The van der Waals surface area contributed by atoms with Crippen LogP contribution < -0.4 is 0 Å². The SMILES string of the molecule is CC.CC.CC.CC.CC.C[SiH2]CC1CC1.C[SiH2]CC1CCC1.C[SiH2]CC1CCCC1.C[SiH2]CC1CCCCC1.C[SiH2]CC1CCCCCC1. The summed E-state index contributed by atoms with van der Waals surface area (Å²) >= 11 is 0. The lowest BCUT2D eigenvalue weighted by atomic mass is 9.87. The molecule has 0 heterocycles. The molecule has 0 nitrogen and oxygen atoms in total. The largest absolute Gasteiger partial charge is 0.0748 e. The molecule has 0 aromatic heterocycles. The van der Waals surface area contributed by atoms with E-state index in [2.05, 4.69) is 32.7 Å². The Morgan fingerprint density at radius 2 is 0.400 bits per heavy atom. The van der Waals surface area contributed by atoms with Crippen molar-refractivity contribution >= 4 is 47.6 Å². The molecule has 5 aliphatic rings. The monoisotopic (exact) mass is 791 g/mol. The van der Waals surface area contributed by atoms with Crippen LogP contribution in [0.4, 0.5) is 0 Å². The molecule has 0 N–H and O–H groups in total. The van der Waals surface area contributed by atoms with Gasteiger partial charge in [-0.25, -0.2) is 0 Å². The van der Waals surface area contributed by atoms with Crippen molar-refractivity contribution in [1.29, 1.82) is 0 Å². The highest BCUT2D eigenvalue weighted by Crippen LogP contribution is 2.32. The third-order valence-corrected chi connectivity index (χ3v) is 17.5. The van der Waals surface area contributed by atoms with E-state index in [4.69, 9.17) is 0 Å². The Labute approximate surface area is 336 Å². The molecule has 0 spiro atoms. The van der Waals surface area contributed by atoms with Crippen LogP contribution in [0.15, 0.2) is 0 Å². The molecule has 0 radical (unpaired) electrons. The molecule has 0 aromatic rings. The van der Waals surface area contributed by atoms with Crippen LogP contribution in [0, 0.1) is 29.6 Å². The predicted octanol–water partition coefficient (Wildman–Crippen LogP) is 14.2. The summed E-state index contributed by atoms with van der Waals surface area (Å²) in [5.74, 6) is 5.89. The molecule has 0 unspecified atom stereocenters. The maximum atomic E-state index is 2.45. The third-order valence-electron chi connectivity index (χ3n) is 10.6. The third kappa shape index (κ3) is 47.1. The minimum absolute atomic E-state index is 0.354. The fraction of sp³-hybridized carbons (Fsp3) is 1.00. The molecular formula is C45H110Si5. The first kappa shape index (κ1) is 60.3. The fourth-order valence-electron chi connectivity index (χ4n) is 7.66. The van der Waals surface area contributed by atoms with Gasteiger partial charge >= 0.3 is 0 Å². The lowest BCUT2D eigenvalue weighted by Crippen LogP contribution is -2.11. The second kappa shape index (κ2) is 56.8. The number of hydrogen-bond donors (Lipinski definition) is 0. The van der Waals surface area contributed by atoms with E-state index in [0.717, 1.165) is 11.8 Å². The number of hydrogen-bond acceptors (Lipinski definition) is 0. The molecule has 5 heteroatoms. The van der Waals surface area contributed by atoms with Gasteiger partial charge in [0.05, 0.1) is 0 Å². The van der Waals surface area contributed by atoms with Gasteiger partial charge in [0.15, 0.2) is 0 Å². The Morgan fingerprint density at radius 3 is 0.540 bits per heavy atom. The Kier molecular flexibility index (Phi) is 68.6. The predicted molar refractivity (Wildman–Crippen MR) is 263 cm³/mol. The molecule has 0 aromatic carbocycles. The van der Waals surface area contributed by atoms with Crippen molar-refractivity contribution in [3.05, 3.63) is 0 Å². The van der Waals surface area contributed by atoms with E-state index in [9.17, 15) is 0 Å². The molecule has 0 bridgehead atoms. The lowest BCUT2D eigenvalue weighted by Gasteiger charge is -2.24. The highest BCUT2D eigenvalue weighted by molar-refractivity contribution is 6.34. The summed E-state index contributed by atoms with van der Waals surface area (Å²) in [5, 5.41) is 0. The summed E-state index contributed by atoms with van der Waals surface area (Å²) in [6.07, 6.45) is 30.8. The molecule has 5 aliphatic carbocycles. The highest BCUT2D eigenvalue weighted by Gasteiger charge is 2.19. The second-order valence-electron chi connectivity index (χ2n) is 14.7. The molecule has 5 rings (SSSR count). The average molecular weight is 792 g/mol. The molecule has 0 aliphatic heterocycles. The van der Waals surface area contributed by atoms with Gasteiger partial charge in [0, 0.05) is 47.6 Å². The van der Waals surface area contributed by atoms with Crippen molar-refractivity contribution in [3.63, 3.8) is 0 Å². The molecular weight excluding hydrogens is 681 g/mol. The van der Waals surface area contributed by atoms with Gasteiger partial charge in [0.1, 0.15) is 0 Å². The summed E-state index contributed by atoms with van der Waals surface area (Å²) in [4.78, 5) is 0. The van der Waals surface area contributed by atoms with E-state index < -0.39 is 0 Å². The van der Waals surface area contributed by atoms with E-state index in [1.54, 1.807) is 94.4 Å². The summed E-state index contributed by atoms with van der Waals surface area (Å²) in [6.45, 7) is 32.1. The first-order chi connectivity index (χ1) is 24.7. The van der Waals surface area contributed by atoms with E-state index in [1.807, 2.05) is 69.2 Å². The normalized spacial score (nSPS) is 19.5. The van der Waals surface area contributed by atoms with Crippen LogP contribution in [0.25, 0.3) is 0 Å². The van der Waals surface area contributed by atoms with Gasteiger partial charge in [0.2, 0.25) is 0 Å². The zero-order chi connectivity index (χ0) is 39.1. The first-order valence-electron chi connectivity index (χ1n) is 24.7. The first-order valence-corrected chi connectivity index (χ1v) is 36.7. The van der Waals surface area contributed by atoms with Gasteiger partial charge in [-0.3, -0.25) is 0 Å². The molecule has 0 atom stereocenters. The van der Waals surface area contributed by atoms with Gasteiger partial charge in [-0.2, -0.15) is 0 Å². The zero-order valence-corrected chi connectivity index (χ0v) is 46.2. The Hall–Kier alpha value is 1.08. The molecule has 310 valence electrons. The Morgan fingerprint density at radius 1 is 0.240 bits per heavy atom. The van der Waals surface area contributed by atoms with Crippen molar-refractivity contribution in [1.82, 2.24) is 0 Å². The molecule has 0 amide bonds. The average Bonchev–Trinajstić information content (AvgIpc) is 3.92. The maximum absolute atomic E-state index is 2.45. The summed E-state index contributed by atoms with van der Waals surface area (Å²) in [6, 6.07) is 8.12. The van der Waals surface area contributed by atoms with Gasteiger partial charge in [0.25, 0.3) is 0 Å². The van der Waals surface area contributed by atoms with E-state index in [-0.39, 0.29) is 0 Å². The summed E-state index contributed by atoms with van der Waals surface area (Å²) < 4.78 is 0. The van der Waals surface area contributed by atoms with Gasteiger partial charge < -0.3 is 0 Å². The van der Waals surface area contributed by atoms with Crippen LogP contribution in [-0.4, -0.2) is 47.6 Å². The van der Waals surface area contributed by atoms with Gasteiger partial charge in [-0.1, -0.05) is 261 Å². The molecule has 5 fully saturated rings.